The standard InChI is InChI=1S/C11H17NO2S/c1-8(2)10-4-6-11(7-5-10)15(13,14)9(3)12/h4-9H,12H2,1-3H3. The highest BCUT2D eigenvalue weighted by atomic mass is 32.2. The molecule has 15 heavy (non-hydrogen) atoms. The smallest absolute Gasteiger partial charge is 0.193 e. The van der Waals surface area contributed by atoms with E-state index in [1.54, 1.807) is 12.1 Å². The third-order valence-electron chi connectivity index (χ3n) is 2.36. The predicted molar refractivity (Wildman–Crippen MR) is 61.4 cm³/mol. The van der Waals surface area contributed by atoms with E-state index in [2.05, 4.69) is 13.8 Å². The first-order valence-corrected chi connectivity index (χ1v) is 6.49. The van der Waals surface area contributed by atoms with Crippen LogP contribution < -0.4 is 5.73 Å². The van der Waals surface area contributed by atoms with Gasteiger partial charge in [-0.25, -0.2) is 8.42 Å². The Bertz CT molecular complexity index is 418. The fourth-order valence-corrected chi connectivity index (χ4v) is 2.20. The van der Waals surface area contributed by atoms with E-state index < -0.39 is 15.2 Å². The van der Waals surface area contributed by atoms with Crippen LogP contribution in [0, 0.1) is 0 Å². The summed E-state index contributed by atoms with van der Waals surface area (Å²) in [6.45, 7) is 5.61. The van der Waals surface area contributed by atoms with Gasteiger partial charge in [-0.05, 0) is 30.5 Å². The molecule has 1 rings (SSSR count). The topological polar surface area (TPSA) is 60.2 Å². The summed E-state index contributed by atoms with van der Waals surface area (Å²) in [5.41, 5.74) is 6.54. The Labute approximate surface area is 91.2 Å². The number of hydrogen-bond donors (Lipinski definition) is 1. The van der Waals surface area contributed by atoms with E-state index in [1.165, 1.54) is 6.92 Å². The normalized spacial score (nSPS) is 14.2. The molecular formula is C11H17NO2S. The first kappa shape index (κ1) is 12.2. The first-order chi connectivity index (χ1) is 6.85. The molecule has 1 atom stereocenters. The number of hydrogen-bond acceptors (Lipinski definition) is 3. The van der Waals surface area contributed by atoms with Crippen molar-refractivity contribution in [2.24, 2.45) is 5.73 Å². The molecule has 0 spiro atoms. The van der Waals surface area contributed by atoms with Crippen LogP contribution in [0.1, 0.15) is 32.3 Å². The molecule has 0 radical (unpaired) electrons. The lowest BCUT2D eigenvalue weighted by molar-refractivity contribution is 0.585. The summed E-state index contributed by atoms with van der Waals surface area (Å²) in [6, 6.07) is 6.90. The summed E-state index contributed by atoms with van der Waals surface area (Å²) in [5.74, 6) is 0.400. The van der Waals surface area contributed by atoms with Gasteiger partial charge < -0.3 is 5.73 Å². The van der Waals surface area contributed by atoms with E-state index >= 15 is 0 Å². The Morgan fingerprint density at radius 2 is 1.53 bits per heavy atom. The van der Waals surface area contributed by atoms with Gasteiger partial charge in [0.1, 0.15) is 5.37 Å². The van der Waals surface area contributed by atoms with Crippen LogP contribution in [0.2, 0.25) is 0 Å². The molecule has 84 valence electrons. The average molecular weight is 227 g/mol. The molecule has 1 aromatic rings. The lowest BCUT2D eigenvalue weighted by atomic mass is 10.0. The zero-order chi connectivity index (χ0) is 11.6. The van der Waals surface area contributed by atoms with Gasteiger partial charge in [0, 0.05) is 0 Å². The summed E-state index contributed by atoms with van der Waals surface area (Å²) in [7, 11) is -3.34. The number of benzene rings is 1. The highest BCUT2D eigenvalue weighted by Crippen LogP contribution is 2.18. The van der Waals surface area contributed by atoms with Crippen LogP contribution in [0.5, 0.6) is 0 Å². The van der Waals surface area contributed by atoms with Crippen LogP contribution in [0.3, 0.4) is 0 Å². The molecule has 0 heterocycles. The van der Waals surface area contributed by atoms with Gasteiger partial charge in [0.05, 0.1) is 4.90 Å². The molecule has 0 amide bonds. The summed E-state index contributed by atoms with van der Waals surface area (Å²) in [5, 5.41) is -0.859. The van der Waals surface area contributed by atoms with Crippen LogP contribution >= 0.6 is 0 Å². The van der Waals surface area contributed by atoms with Gasteiger partial charge in [-0.1, -0.05) is 26.0 Å². The van der Waals surface area contributed by atoms with Crippen molar-refractivity contribution in [3.63, 3.8) is 0 Å². The fourth-order valence-electron chi connectivity index (χ4n) is 1.26. The maximum Gasteiger partial charge on any atom is 0.193 e. The van der Waals surface area contributed by atoms with E-state index in [-0.39, 0.29) is 0 Å². The molecule has 1 aromatic carbocycles. The molecule has 2 N–H and O–H groups in total. The van der Waals surface area contributed by atoms with Gasteiger partial charge in [-0.15, -0.1) is 0 Å². The first-order valence-electron chi connectivity index (χ1n) is 4.95. The summed E-state index contributed by atoms with van der Waals surface area (Å²) in [6.07, 6.45) is 0. The number of rotatable bonds is 3. The molecule has 0 aliphatic carbocycles. The van der Waals surface area contributed by atoms with E-state index in [9.17, 15) is 8.42 Å². The molecule has 1 unspecified atom stereocenters. The van der Waals surface area contributed by atoms with Crippen LogP contribution in [0.4, 0.5) is 0 Å². The van der Waals surface area contributed by atoms with Crippen LogP contribution in [-0.4, -0.2) is 13.8 Å². The zero-order valence-corrected chi connectivity index (χ0v) is 10.1. The van der Waals surface area contributed by atoms with Crippen LogP contribution in [0.15, 0.2) is 29.2 Å². The Balaban J connectivity index is 3.10. The molecule has 0 aromatic heterocycles. The van der Waals surface area contributed by atoms with Crippen molar-refractivity contribution >= 4 is 9.84 Å². The third-order valence-corrected chi connectivity index (χ3v) is 4.27. The molecule has 0 fully saturated rings. The molecule has 0 saturated carbocycles. The van der Waals surface area contributed by atoms with Gasteiger partial charge in [0.15, 0.2) is 9.84 Å². The Hall–Kier alpha value is -0.870. The zero-order valence-electron chi connectivity index (χ0n) is 9.27. The largest absolute Gasteiger partial charge is 0.315 e. The molecule has 0 saturated heterocycles. The van der Waals surface area contributed by atoms with E-state index in [0.717, 1.165) is 5.56 Å². The third kappa shape index (κ3) is 2.58. The van der Waals surface area contributed by atoms with Crippen molar-refractivity contribution in [2.75, 3.05) is 0 Å². The van der Waals surface area contributed by atoms with E-state index in [1.807, 2.05) is 12.1 Å². The van der Waals surface area contributed by atoms with Crippen LogP contribution in [-0.2, 0) is 9.84 Å². The average Bonchev–Trinajstić information content (AvgIpc) is 2.17. The van der Waals surface area contributed by atoms with Crippen molar-refractivity contribution in [3.05, 3.63) is 29.8 Å². The van der Waals surface area contributed by atoms with Gasteiger partial charge in [0.2, 0.25) is 0 Å². The molecule has 0 aliphatic heterocycles. The highest BCUT2D eigenvalue weighted by Gasteiger charge is 2.19. The quantitative estimate of drug-likeness (QED) is 0.857. The number of nitrogens with two attached hydrogens (primary N) is 1. The second-order valence-electron chi connectivity index (χ2n) is 3.97. The maximum absolute atomic E-state index is 11.7. The highest BCUT2D eigenvalue weighted by molar-refractivity contribution is 7.92. The van der Waals surface area contributed by atoms with E-state index in [4.69, 9.17) is 5.73 Å². The van der Waals surface area contributed by atoms with Crippen molar-refractivity contribution in [2.45, 2.75) is 37.0 Å². The predicted octanol–water partition coefficient (Wildman–Crippen LogP) is 1.89. The Kier molecular flexibility index (Phi) is 3.52. The SMILES string of the molecule is CC(C)c1ccc(S(=O)(=O)C(C)N)cc1. The van der Waals surface area contributed by atoms with Gasteiger partial charge in [-0.2, -0.15) is 0 Å². The Morgan fingerprint density at radius 1 is 1.07 bits per heavy atom. The summed E-state index contributed by atoms with van der Waals surface area (Å²) >= 11 is 0. The molecule has 3 nitrogen and oxygen atoms in total. The van der Waals surface area contributed by atoms with Crippen molar-refractivity contribution < 1.29 is 8.42 Å². The van der Waals surface area contributed by atoms with Gasteiger partial charge in [-0.3, -0.25) is 0 Å². The number of sulfone groups is 1. The van der Waals surface area contributed by atoms with Crippen molar-refractivity contribution in [1.29, 1.82) is 0 Å². The molecular weight excluding hydrogens is 210 g/mol. The lowest BCUT2D eigenvalue weighted by Crippen LogP contribution is -2.26. The van der Waals surface area contributed by atoms with Crippen LogP contribution in [0.25, 0.3) is 0 Å². The van der Waals surface area contributed by atoms with E-state index in [0.29, 0.717) is 10.8 Å². The second-order valence-corrected chi connectivity index (χ2v) is 6.28. The van der Waals surface area contributed by atoms with Gasteiger partial charge in [0.25, 0.3) is 0 Å². The van der Waals surface area contributed by atoms with Crippen molar-refractivity contribution in [1.82, 2.24) is 0 Å². The summed E-state index contributed by atoms with van der Waals surface area (Å²) in [4.78, 5) is 0.293. The monoisotopic (exact) mass is 227 g/mol. The lowest BCUT2D eigenvalue weighted by Gasteiger charge is -2.09. The minimum absolute atomic E-state index is 0.293. The fraction of sp³-hybridized carbons (Fsp3) is 0.455. The second kappa shape index (κ2) is 4.33. The Morgan fingerprint density at radius 3 is 1.87 bits per heavy atom. The summed E-state index contributed by atoms with van der Waals surface area (Å²) < 4.78 is 23.4. The molecule has 0 bridgehead atoms. The minimum Gasteiger partial charge on any atom is -0.315 e. The molecule has 4 heteroatoms. The minimum atomic E-state index is -3.34. The van der Waals surface area contributed by atoms with Gasteiger partial charge >= 0.3 is 0 Å². The maximum atomic E-state index is 11.7. The van der Waals surface area contributed by atoms with Crippen molar-refractivity contribution in [3.8, 4) is 0 Å². The molecule has 0 aliphatic rings.